The molecule has 3 rings (SSSR count). The van der Waals surface area contributed by atoms with Gasteiger partial charge >= 0.3 is 246 Å². The van der Waals surface area contributed by atoms with Crippen molar-refractivity contribution in [2.45, 2.75) is 115 Å². The maximum absolute atomic E-state index is 2.60. The summed E-state index contributed by atoms with van der Waals surface area (Å²) in [7, 11) is 0. The molecule has 0 amide bonds. The van der Waals surface area contributed by atoms with Crippen molar-refractivity contribution in [3.05, 3.63) is 91.0 Å². The number of benzene rings is 3. The molecule has 0 N–H and O–H groups in total. The molecule has 0 bridgehead atoms. The van der Waals surface area contributed by atoms with E-state index in [9.17, 15) is 0 Å². The molecule has 0 nitrogen and oxygen atoms in total. The van der Waals surface area contributed by atoms with Gasteiger partial charge in [0, 0.05) is 0 Å². The molecule has 0 aromatic heterocycles. The normalized spacial score (nSPS) is 12.7. The minimum atomic E-state index is -2.60. The summed E-state index contributed by atoms with van der Waals surface area (Å²) in [4.78, 5) is 1.44. The van der Waals surface area contributed by atoms with E-state index in [0.29, 0.717) is 0 Å². The van der Waals surface area contributed by atoms with E-state index in [0.717, 1.165) is 0 Å². The second kappa shape index (κ2) is 18.0. The Morgan fingerprint density at radius 2 is 0.744 bits per heavy atom. The van der Waals surface area contributed by atoms with E-state index in [4.69, 9.17) is 0 Å². The second-order valence-corrected chi connectivity index (χ2v) is 20.1. The average Bonchev–Trinajstić information content (AvgIpc) is 2.99. The van der Waals surface area contributed by atoms with Crippen molar-refractivity contribution in [1.29, 1.82) is 0 Å². The minimum absolute atomic E-state index is 1.31. The predicted octanol–water partition coefficient (Wildman–Crippen LogP) is 11.8. The molecule has 0 unspecified atom stereocenters. The van der Waals surface area contributed by atoms with E-state index < -0.39 is 5.81 Å². The summed E-state index contributed by atoms with van der Waals surface area (Å²) in [6.45, 7) is 4.63. The fourth-order valence-electron chi connectivity index (χ4n) is 6.24. The molecule has 0 fully saturated rings. The molecule has 0 saturated carbocycles. The molecule has 0 atom stereocenters. The predicted molar refractivity (Wildman–Crippen MR) is 182 cm³/mol. The van der Waals surface area contributed by atoms with Gasteiger partial charge < -0.3 is 0 Å². The zero-order valence-electron chi connectivity index (χ0n) is 25.0. The van der Waals surface area contributed by atoms with Gasteiger partial charge in [0.15, 0.2) is 0 Å². The summed E-state index contributed by atoms with van der Waals surface area (Å²) >= 11 is 2.27. The summed E-state index contributed by atoms with van der Waals surface area (Å²) in [6, 6.07) is 34.8. The van der Waals surface area contributed by atoms with Crippen LogP contribution < -0.4 is 10.6 Å². The van der Waals surface area contributed by atoms with Crippen LogP contribution in [0.4, 0.5) is 0 Å². The molecular formula is C37H55PS. The Labute approximate surface area is 245 Å². The Bertz CT molecular complexity index is 962. The van der Waals surface area contributed by atoms with Crippen LogP contribution in [0.25, 0.3) is 0 Å². The van der Waals surface area contributed by atoms with Crippen LogP contribution >= 0.6 is 17.2 Å². The molecule has 0 aliphatic heterocycles. The fourth-order valence-corrected chi connectivity index (χ4v) is 17.1. The summed E-state index contributed by atoms with van der Waals surface area (Å²) in [6.07, 6.45) is 23.2. The van der Waals surface area contributed by atoms with Crippen molar-refractivity contribution in [2.24, 2.45) is 0 Å². The number of unbranched alkanes of at least 4 members (excludes halogenated alkanes) is 13. The Kier molecular flexibility index (Phi) is 14.7. The van der Waals surface area contributed by atoms with Crippen LogP contribution in [0.15, 0.2) is 95.9 Å². The monoisotopic (exact) mass is 562 g/mol. The molecule has 3 aromatic carbocycles. The fraction of sp³-hybridized carbons (Fsp3) is 0.514. The SMILES string of the molecule is CCCCCCCCCCP(CCCCCCCCC)(Sc1ccccc1)(c1ccccc1)c1ccccc1. The third kappa shape index (κ3) is 9.50. The van der Waals surface area contributed by atoms with Gasteiger partial charge in [-0.25, -0.2) is 0 Å². The van der Waals surface area contributed by atoms with E-state index in [1.54, 1.807) is 10.6 Å². The van der Waals surface area contributed by atoms with Crippen LogP contribution in [0, 0.1) is 0 Å². The molecule has 0 saturated heterocycles. The Morgan fingerprint density at radius 3 is 1.13 bits per heavy atom. The van der Waals surface area contributed by atoms with Crippen LogP contribution in [-0.4, -0.2) is 12.3 Å². The summed E-state index contributed by atoms with van der Waals surface area (Å²) < 4.78 is 0. The third-order valence-corrected chi connectivity index (χ3v) is 19.3. The van der Waals surface area contributed by atoms with E-state index in [-0.39, 0.29) is 0 Å². The molecule has 214 valence electrons. The van der Waals surface area contributed by atoms with E-state index in [1.807, 2.05) is 0 Å². The molecule has 0 spiro atoms. The molecule has 39 heavy (non-hydrogen) atoms. The van der Waals surface area contributed by atoms with Crippen molar-refractivity contribution in [3.8, 4) is 0 Å². The molecule has 2 heteroatoms. The first kappa shape index (κ1) is 32.0. The topological polar surface area (TPSA) is 0 Å². The average molecular weight is 563 g/mol. The van der Waals surface area contributed by atoms with Gasteiger partial charge in [-0.05, 0) is 0 Å². The van der Waals surface area contributed by atoms with Crippen LogP contribution in [-0.2, 0) is 0 Å². The molecule has 0 aliphatic carbocycles. The number of hydrogen-bond donors (Lipinski definition) is 0. The van der Waals surface area contributed by atoms with Crippen molar-refractivity contribution in [3.63, 3.8) is 0 Å². The van der Waals surface area contributed by atoms with Gasteiger partial charge in [0.25, 0.3) is 0 Å². The van der Waals surface area contributed by atoms with Crippen molar-refractivity contribution < 1.29 is 0 Å². The Morgan fingerprint density at radius 1 is 0.410 bits per heavy atom. The molecule has 0 aliphatic rings. The Balaban J connectivity index is 1.95. The summed E-state index contributed by atoms with van der Waals surface area (Å²) in [5.41, 5.74) is 0. The molecule has 0 heterocycles. The molecule has 3 aromatic rings. The van der Waals surface area contributed by atoms with Crippen molar-refractivity contribution in [1.82, 2.24) is 0 Å². The number of rotatable bonds is 21. The van der Waals surface area contributed by atoms with Crippen LogP contribution in [0.3, 0.4) is 0 Å². The third-order valence-electron chi connectivity index (χ3n) is 8.50. The molecule has 0 radical (unpaired) electrons. The first-order valence-corrected chi connectivity index (χ1v) is 20.1. The zero-order valence-corrected chi connectivity index (χ0v) is 26.7. The van der Waals surface area contributed by atoms with Gasteiger partial charge in [-0.3, -0.25) is 0 Å². The van der Waals surface area contributed by atoms with Gasteiger partial charge in [0.2, 0.25) is 0 Å². The van der Waals surface area contributed by atoms with Gasteiger partial charge in [-0.1, -0.05) is 0 Å². The first-order valence-electron chi connectivity index (χ1n) is 16.1. The second-order valence-electron chi connectivity index (χ2n) is 11.5. The van der Waals surface area contributed by atoms with Crippen LogP contribution in [0.1, 0.15) is 110 Å². The van der Waals surface area contributed by atoms with E-state index in [1.165, 1.54) is 114 Å². The standard InChI is InChI=1S/C37H55PS/c1-3-5-7-9-11-13-15-26-34-38(35-27-19-16-20-28-35,36-29-21-17-22-30-36,39-37-31-23-18-24-32-37)33-25-14-12-10-8-6-4-2/h16-24,27-32H,3-15,25-26,33-34H2,1-2H3. The van der Waals surface area contributed by atoms with Crippen LogP contribution in [0.5, 0.6) is 0 Å². The van der Waals surface area contributed by atoms with Crippen molar-refractivity contribution >= 4 is 27.8 Å². The van der Waals surface area contributed by atoms with Gasteiger partial charge in [0.05, 0.1) is 0 Å². The van der Waals surface area contributed by atoms with Gasteiger partial charge in [-0.2, -0.15) is 0 Å². The summed E-state index contributed by atoms with van der Waals surface area (Å²) in [5, 5.41) is 3.22. The molecular weight excluding hydrogens is 507 g/mol. The summed E-state index contributed by atoms with van der Waals surface area (Å²) in [5.74, 6) is -2.60. The van der Waals surface area contributed by atoms with Crippen LogP contribution in [0.2, 0.25) is 0 Å². The zero-order chi connectivity index (χ0) is 27.5. The van der Waals surface area contributed by atoms with Gasteiger partial charge in [0.1, 0.15) is 0 Å². The van der Waals surface area contributed by atoms with Crippen molar-refractivity contribution in [2.75, 3.05) is 12.3 Å². The van der Waals surface area contributed by atoms with E-state index >= 15 is 0 Å². The Hall–Kier alpha value is -1.56. The first-order chi connectivity index (χ1) is 19.2. The van der Waals surface area contributed by atoms with E-state index in [2.05, 4.69) is 116 Å². The number of hydrogen-bond acceptors (Lipinski definition) is 1. The van der Waals surface area contributed by atoms with Gasteiger partial charge in [-0.15, -0.1) is 0 Å². The quantitative estimate of drug-likeness (QED) is 0.0919. The maximum atomic E-state index is 2.48.